The summed E-state index contributed by atoms with van der Waals surface area (Å²) in [7, 11) is 0. The van der Waals surface area contributed by atoms with Gasteiger partial charge in [0.2, 0.25) is 11.8 Å². The van der Waals surface area contributed by atoms with Crippen molar-refractivity contribution < 1.29 is 14.1 Å². The van der Waals surface area contributed by atoms with Crippen molar-refractivity contribution in [2.45, 2.75) is 25.8 Å². The molecule has 0 aromatic carbocycles. The first kappa shape index (κ1) is 15.8. The molecule has 7 nitrogen and oxygen atoms in total. The number of thioether (sulfide) groups is 1. The second kappa shape index (κ2) is 7.46. The quantitative estimate of drug-likeness (QED) is 0.798. The molecule has 1 aromatic rings. The van der Waals surface area contributed by atoms with E-state index in [0.29, 0.717) is 23.9 Å². The summed E-state index contributed by atoms with van der Waals surface area (Å²) >= 11 is 1.29. The number of likely N-dealkylation sites (tertiary alicyclic amines) is 1. The molecule has 21 heavy (non-hydrogen) atoms. The molecule has 1 fully saturated rings. The normalized spacial score (nSPS) is 18.0. The van der Waals surface area contributed by atoms with E-state index in [9.17, 15) is 9.59 Å². The Kier molecular flexibility index (Phi) is 5.63. The largest absolute Gasteiger partial charge is 0.360 e. The highest BCUT2D eigenvalue weighted by molar-refractivity contribution is 8.00. The lowest BCUT2D eigenvalue weighted by atomic mass is 10.2. The Morgan fingerprint density at radius 1 is 1.57 bits per heavy atom. The van der Waals surface area contributed by atoms with E-state index in [-0.39, 0.29) is 23.6 Å². The molecule has 3 N–H and O–H groups in total. The van der Waals surface area contributed by atoms with Crippen molar-refractivity contribution in [3.63, 3.8) is 0 Å². The monoisotopic (exact) mass is 312 g/mol. The van der Waals surface area contributed by atoms with Crippen LogP contribution in [0.25, 0.3) is 0 Å². The fraction of sp³-hybridized carbons (Fsp3) is 0.615. The predicted octanol–water partition coefficient (Wildman–Crippen LogP) is 0.604. The van der Waals surface area contributed by atoms with Crippen molar-refractivity contribution in [2.24, 2.45) is 5.73 Å². The molecule has 1 aromatic heterocycles. The van der Waals surface area contributed by atoms with Gasteiger partial charge >= 0.3 is 0 Å². The molecule has 1 unspecified atom stereocenters. The van der Waals surface area contributed by atoms with Gasteiger partial charge in [0.05, 0.1) is 11.5 Å². The number of aryl methyl sites for hydroxylation is 1. The van der Waals surface area contributed by atoms with Gasteiger partial charge in [-0.1, -0.05) is 5.16 Å². The van der Waals surface area contributed by atoms with Crippen LogP contribution in [0.3, 0.4) is 0 Å². The average Bonchev–Trinajstić information content (AvgIpc) is 3.07. The van der Waals surface area contributed by atoms with Crippen LogP contribution < -0.4 is 11.1 Å². The van der Waals surface area contributed by atoms with Crippen LogP contribution in [0.2, 0.25) is 0 Å². The van der Waals surface area contributed by atoms with Crippen molar-refractivity contribution >= 4 is 29.4 Å². The van der Waals surface area contributed by atoms with Crippen molar-refractivity contribution in [1.29, 1.82) is 0 Å². The first-order valence-electron chi connectivity index (χ1n) is 6.90. The molecule has 0 saturated carbocycles. The highest BCUT2D eigenvalue weighted by atomic mass is 32.2. The van der Waals surface area contributed by atoms with Gasteiger partial charge in [0.25, 0.3) is 0 Å². The fourth-order valence-electron chi connectivity index (χ4n) is 2.33. The molecular weight excluding hydrogens is 292 g/mol. The molecule has 0 radical (unpaired) electrons. The summed E-state index contributed by atoms with van der Waals surface area (Å²) < 4.78 is 4.86. The van der Waals surface area contributed by atoms with Crippen LogP contribution >= 0.6 is 11.8 Å². The lowest BCUT2D eigenvalue weighted by Crippen LogP contribution is -2.41. The minimum absolute atomic E-state index is 0.0537. The Morgan fingerprint density at radius 3 is 3.05 bits per heavy atom. The number of nitrogens with zero attached hydrogens (tertiary/aromatic N) is 2. The van der Waals surface area contributed by atoms with Gasteiger partial charge in [-0.25, -0.2) is 0 Å². The van der Waals surface area contributed by atoms with Crippen LogP contribution in [-0.4, -0.2) is 52.5 Å². The highest BCUT2D eigenvalue weighted by Crippen LogP contribution is 2.17. The number of carbonyl (C=O) groups excluding carboxylic acids is 2. The molecule has 1 saturated heterocycles. The van der Waals surface area contributed by atoms with E-state index in [4.69, 9.17) is 10.3 Å². The van der Waals surface area contributed by atoms with Crippen LogP contribution in [0.1, 0.15) is 18.6 Å². The zero-order valence-corrected chi connectivity index (χ0v) is 12.8. The molecule has 8 heteroatoms. The van der Waals surface area contributed by atoms with Crippen molar-refractivity contribution in [3.8, 4) is 0 Å². The Labute approximate surface area is 127 Å². The number of carbonyl (C=O) groups is 2. The summed E-state index contributed by atoms with van der Waals surface area (Å²) in [5.41, 5.74) is 5.65. The lowest BCUT2D eigenvalue weighted by Gasteiger charge is -2.23. The summed E-state index contributed by atoms with van der Waals surface area (Å²) in [5, 5.41) is 6.29. The van der Waals surface area contributed by atoms with Crippen LogP contribution in [0, 0.1) is 6.92 Å². The second-order valence-corrected chi connectivity index (χ2v) is 5.97. The Hall–Kier alpha value is -1.54. The minimum atomic E-state index is -0.196. The third-order valence-electron chi connectivity index (χ3n) is 3.32. The van der Waals surface area contributed by atoms with E-state index in [1.165, 1.54) is 11.8 Å². The van der Waals surface area contributed by atoms with Crippen LogP contribution in [0.4, 0.5) is 5.82 Å². The maximum Gasteiger partial charge on any atom is 0.235 e. The number of nitrogens with one attached hydrogen (secondary N) is 1. The Balaban J connectivity index is 1.69. The third kappa shape index (κ3) is 4.47. The van der Waals surface area contributed by atoms with Gasteiger partial charge in [-0.15, -0.1) is 11.8 Å². The van der Waals surface area contributed by atoms with E-state index in [1.54, 1.807) is 13.0 Å². The smallest absolute Gasteiger partial charge is 0.235 e. The number of hydrogen-bond acceptors (Lipinski definition) is 6. The summed E-state index contributed by atoms with van der Waals surface area (Å²) in [4.78, 5) is 25.6. The number of anilines is 1. The summed E-state index contributed by atoms with van der Waals surface area (Å²) in [5.74, 6) is 1.39. The number of nitrogens with two attached hydrogens (primary N) is 1. The van der Waals surface area contributed by atoms with Gasteiger partial charge in [0.1, 0.15) is 5.76 Å². The first-order chi connectivity index (χ1) is 10.1. The van der Waals surface area contributed by atoms with Gasteiger partial charge in [-0.2, -0.15) is 0 Å². The third-order valence-corrected chi connectivity index (χ3v) is 4.24. The molecule has 0 aliphatic carbocycles. The highest BCUT2D eigenvalue weighted by Gasteiger charge is 2.27. The summed E-state index contributed by atoms with van der Waals surface area (Å²) in [6, 6.07) is 1.80. The van der Waals surface area contributed by atoms with Crippen LogP contribution in [0.15, 0.2) is 10.6 Å². The molecule has 2 rings (SSSR count). The molecular formula is C13H20N4O3S. The van der Waals surface area contributed by atoms with Crippen molar-refractivity contribution in [3.05, 3.63) is 11.8 Å². The predicted molar refractivity (Wildman–Crippen MR) is 81.0 cm³/mol. The molecule has 0 bridgehead atoms. The number of rotatable bonds is 6. The van der Waals surface area contributed by atoms with E-state index in [0.717, 1.165) is 19.4 Å². The van der Waals surface area contributed by atoms with Gasteiger partial charge in [0, 0.05) is 25.2 Å². The van der Waals surface area contributed by atoms with Crippen LogP contribution in [0.5, 0.6) is 0 Å². The zero-order valence-electron chi connectivity index (χ0n) is 12.0. The van der Waals surface area contributed by atoms with E-state index in [1.807, 2.05) is 4.90 Å². The maximum atomic E-state index is 12.0. The lowest BCUT2D eigenvalue weighted by molar-refractivity contribution is -0.128. The standard InChI is InChI=1S/C13H20N4O3S/c1-9-5-11(16-20-9)15-12(18)7-21-8-13(19)17-4-2-3-10(17)6-14/h5,10H,2-4,6-8,14H2,1H3,(H,15,16,18). The summed E-state index contributed by atoms with van der Waals surface area (Å²) in [6.45, 7) is 3.02. The topological polar surface area (TPSA) is 101 Å². The maximum absolute atomic E-state index is 12.0. The van der Waals surface area contributed by atoms with E-state index >= 15 is 0 Å². The van der Waals surface area contributed by atoms with Crippen molar-refractivity contribution in [2.75, 3.05) is 29.9 Å². The Bertz CT molecular complexity index is 505. The molecule has 1 aliphatic rings. The van der Waals surface area contributed by atoms with Crippen LogP contribution in [-0.2, 0) is 9.59 Å². The number of hydrogen-bond donors (Lipinski definition) is 2. The molecule has 1 atom stereocenters. The summed E-state index contributed by atoms with van der Waals surface area (Å²) in [6.07, 6.45) is 1.98. The average molecular weight is 312 g/mol. The van der Waals surface area contributed by atoms with Gasteiger partial charge < -0.3 is 20.5 Å². The number of aromatic nitrogens is 1. The molecule has 2 amide bonds. The van der Waals surface area contributed by atoms with E-state index < -0.39 is 0 Å². The first-order valence-corrected chi connectivity index (χ1v) is 8.06. The molecule has 1 aliphatic heterocycles. The van der Waals surface area contributed by atoms with E-state index in [2.05, 4.69) is 10.5 Å². The Morgan fingerprint density at radius 2 is 2.38 bits per heavy atom. The number of amides is 2. The molecule has 0 spiro atoms. The van der Waals surface area contributed by atoms with Gasteiger partial charge in [0.15, 0.2) is 5.82 Å². The molecule has 116 valence electrons. The second-order valence-electron chi connectivity index (χ2n) is 4.98. The van der Waals surface area contributed by atoms with Gasteiger partial charge in [-0.3, -0.25) is 9.59 Å². The van der Waals surface area contributed by atoms with Gasteiger partial charge in [-0.05, 0) is 19.8 Å². The minimum Gasteiger partial charge on any atom is -0.360 e. The SMILES string of the molecule is Cc1cc(NC(=O)CSCC(=O)N2CCCC2CN)no1. The fourth-order valence-corrected chi connectivity index (χ4v) is 3.03. The molecule has 2 heterocycles. The zero-order chi connectivity index (χ0) is 15.2. The van der Waals surface area contributed by atoms with Crippen molar-refractivity contribution in [1.82, 2.24) is 10.1 Å².